The number of hydrogen-bond donors (Lipinski definition) is 2. The maximum absolute atomic E-state index is 12.9. The normalized spacial score (nSPS) is 10.6. The molecule has 2 N–H and O–H groups in total. The number of hydrogen-bond acceptors (Lipinski definition) is 4. The van der Waals surface area contributed by atoms with Gasteiger partial charge in [-0.05, 0) is 48.7 Å². The van der Waals surface area contributed by atoms with Crippen LogP contribution in [-0.2, 0) is 13.0 Å². The van der Waals surface area contributed by atoms with Gasteiger partial charge in [-0.1, -0.05) is 35.9 Å². The summed E-state index contributed by atoms with van der Waals surface area (Å²) in [6, 6.07) is 16.1. The highest BCUT2D eigenvalue weighted by Gasteiger charge is 2.03. The topological polar surface area (TPSA) is 49.8 Å². The number of halogens is 2. The Bertz CT molecular complexity index is 851. The van der Waals surface area contributed by atoms with Crippen molar-refractivity contribution in [3.05, 3.63) is 82.3 Å². The summed E-state index contributed by atoms with van der Waals surface area (Å²) in [4.78, 5) is 8.90. The molecule has 2 aromatic carbocycles. The van der Waals surface area contributed by atoms with Crippen LogP contribution in [0.1, 0.15) is 16.8 Å². The maximum Gasteiger partial charge on any atom is 0.225 e. The third-order valence-electron chi connectivity index (χ3n) is 3.85. The second kappa shape index (κ2) is 8.63. The molecule has 4 nitrogen and oxygen atoms in total. The van der Waals surface area contributed by atoms with E-state index in [1.54, 1.807) is 12.1 Å². The molecule has 0 aliphatic heterocycles. The van der Waals surface area contributed by atoms with E-state index in [-0.39, 0.29) is 5.82 Å². The molecule has 6 heteroatoms. The zero-order valence-electron chi connectivity index (χ0n) is 14.5. The Hall–Kier alpha value is -2.66. The first-order chi connectivity index (χ1) is 12.6. The molecule has 0 atom stereocenters. The molecule has 0 aliphatic carbocycles. The highest BCUT2D eigenvalue weighted by Crippen LogP contribution is 2.13. The summed E-state index contributed by atoms with van der Waals surface area (Å²) in [5.41, 5.74) is 3.05. The monoisotopic (exact) mass is 370 g/mol. The Morgan fingerprint density at radius 3 is 2.35 bits per heavy atom. The summed E-state index contributed by atoms with van der Waals surface area (Å²) in [5.74, 6) is 1.12. The Balaban J connectivity index is 1.56. The van der Waals surface area contributed by atoms with Crippen molar-refractivity contribution in [1.29, 1.82) is 0 Å². The molecule has 0 aliphatic rings. The molecular weight excluding hydrogens is 351 g/mol. The maximum atomic E-state index is 12.9. The summed E-state index contributed by atoms with van der Waals surface area (Å²) in [5, 5.41) is 7.24. The zero-order chi connectivity index (χ0) is 18.4. The molecule has 1 heterocycles. The van der Waals surface area contributed by atoms with Gasteiger partial charge in [-0.3, -0.25) is 0 Å². The van der Waals surface area contributed by atoms with Crippen LogP contribution in [0.25, 0.3) is 0 Å². The Morgan fingerprint density at radius 1 is 0.923 bits per heavy atom. The van der Waals surface area contributed by atoms with Gasteiger partial charge in [0.2, 0.25) is 5.95 Å². The third-order valence-corrected chi connectivity index (χ3v) is 4.10. The fourth-order valence-electron chi connectivity index (χ4n) is 2.51. The van der Waals surface area contributed by atoms with E-state index in [0.29, 0.717) is 24.1 Å². The zero-order valence-corrected chi connectivity index (χ0v) is 15.2. The number of rotatable bonds is 7. The first-order valence-corrected chi connectivity index (χ1v) is 8.78. The van der Waals surface area contributed by atoms with E-state index in [1.807, 2.05) is 37.3 Å². The van der Waals surface area contributed by atoms with Gasteiger partial charge in [-0.25, -0.2) is 9.37 Å². The van der Waals surface area contributed by atoms with E-state index in [4.69, 9.17) is 11.6 Å². The first kappa shape index (κ1) is 18.1. The molecule has 26 heavy (non-hydrogen) atoms. The van der Waals surface area contributed by atoms with Crippen molar-refractivity contribution in [2.45, 2.75) is 19.9 Å². The number of nitrogens with one attached hydrogen (secondary N) is 2. The fourth-order valence-corrected chi connectivity index (χ4v) is 2.63. The van der Waals surface area contributed by atoms with Crippen molar-refractivity contribution in [3.8, 4) is 0 Å². The van der Waals surface area contributed by atoms with E-state index in [9.17, 15) is 4.39 Å². The molecule has 1 aromatic heterocycles. The lowest BCUT2D eigenvalue weighted by Gasteiger charge is -2.10. The van der Waals surface area contributed by atoms with Gasteiger partial charge in [0.05, 0.1) is 0 Å². The lowest BCUT2D eigenvalue weighted by Crippen LogP contribution is -2.10. The minimum atomic E-state index is -0.218. The number of aryl methyl sites for hydroxylation is 1. The van der Waals surface area contributed by atoms with Crippen molar-refractivity contribution in [2.24, 2.45) is 0 Å². The van der Waals surface area contributed by atoms with Crippen LogP contribution in [0.5, 0.6) is 0 Å². The molecule has 3 aromatic rings. The van der Waals surface area contributed by atoms with Gasteiger partial charge in [-0.2, -0.15) is 4.98 Å². The fraction of sp³-hybridized carbons (Fsp3) is 0.200. The van der Waals surface area contributed by atoms with Gasteiger partial charge in [0.1, 0.15) is 11.6 Å². The third kappa shape index (κ3) is 5.43. The van der Waals surface area contributed by atoms with Gasteiger partial charge in [-0.15, -0.1) is 0 Å². The van der Waals surface area contributed by atoms with Crippen LogP contribution < -0.4 is 10.6 Å². The van der Waals surface area contributed by atoms with Gasteiger partial charge >= 0.3 is 0 Å². The number of nitrogens with zero attached hydrogens (tertiary/aromatic N) is 2. The molecule has 0 amide bonds. The smallest absolute Gasteiger partial charge is 0.225 e. The minimum Gasteiger partial charge on any atom is -0.370 e. The van der Waals surface area contributed by atoms with Gasteiger partial charge in [0, 0.05) is 29.9 Å². The van der Waals surface area contributed by atoms with Crippen LogP contribution in [-0.4, -0.2) is 16.5 Å². The standard InChI is InChI=1S/C20H20ClFN4/c1-14-12-19(23-11-10-15-4-8-18(22)9-5-15)26-20(25-14)24-13-16-2-6-17(21)7-3-16/h2-9,12H,10-11,13H2,1H3,(H2,23,24,25,26). The van der Waals surface area contributed by atoms with Crippen molar-refractivity contribution in [1.82, 2.24) is 9.97 Å². The van der Waals surface area contributed by atoms with E-state index in [0.717, 1.165) is 29.1 Å². The molecule has 0 saturated heterocycles. The molecule has 0 spiro atoms. The van der Waals surface area contributed by atoms with E-state index in [1.165, 1.54) is 12.1 Å². The average molecular weight is 371 g/mol. The summed E-state index contributed by atoms with van der Waals surface area (Å²) in [6.45, 7) is 3.26. The second-order valence-electron chi connectivity index (χ2n) is 6.00. The van der Waals surface area contributed by atoms with Crippen LogP contribution in [0.15, 0.2) is 54.6 Å². The van der Waals surface area contributed by atoms with E-state index < -0.39 is 0 Å². The predicted molar refractivity (Wildman–Crippen MR) is 104 cm³/mol. The van der Waals surface area contributed by atoms with Crippen molar-refractivity contribution in [3.63, 3.8) is 0 Å². The molecule has 0 unspecified atom stereocenters. The number of benzene rings is 2. The SMILES string of the molecule is Cc1cc(NCCc2ccc(F)cc2)nc(NCc2ccc(Cl)cc2)n1. The first-order valence-electron chi connectivity index (χ1n) is 8.41. The molecule has 0 bridgehead atoms. The van der Waals surface area contributed by atoms with Gasteiger partial charge < -0.3 is 10.6 Å². The summed E-state index contributed by atoms with van der Waals surface area (Å²) in [6.07, 6.45) is 0.789. The molecule has 3 rings (SSSR count). The molecule has 0 radical (unpaired) electrons. The minimum absolute atomic E-state index is 0.218. The lowest BCUT2D eigenvalue weighted by atomic mass is 10.1. The quantitative estimate of drug-likeness (QED) is 0.624. The van der Waals surface area contributed by atoms with E-state index >= 15 is 0 Å². The molecule has 0 fully saturated rings. The van der Waals surface area contributed by atoms with Crippen LogP contribution in [0, 0.1) is 12.7 Å². The average Bonchev–Trinajstić information content (AvgIpc) is 2.63. The summed E-state index contributed by atoms with van der Waals surface area (Å²) >= 11 is 5.90. The van der Waals surface area contributed by atoms with Crippen LogP contribution in [0.4, 0.5) is 16.2 Å². The Labute approximate surface area is 157 Å². The molecule has 134 valence electrons. The van der Waals surface area contributed by atoms with Crippen molar-refractivity contribution in [2.75, 3.05) is 17.2 Å². The van der Waals surface area contributed by atoms with Crippen LogP contribution in [0.2, 0.25) is 5.02 Å². The molecular formula is C20H20ClFN4. The molecule has 0 saturated carbocycles. The van der Waals surface area contributed by atoms with Crippen molar-refractivity contribution < 1.29 is 4.39 Å². The van der Waals surface area contributed by atoms with Crippen molar-refractivity contribution >= 4 is 23.4 Å². The summed E-state index contributed by atoms with van der Waals surface area (Å²) < 4.78 is 12.9. The largest absolute Gasteiger partial charge is 0.370 e. The highest BCUT2D eigenvalue weighted by molar-refractivity contribution is 6.30. The Kier molecular flexibility index (Phi) is 6.02. The second-order valence-corrected chi connectivity index (χ2v) is 6.44. The van der Waals surface area contributed by atoms with Crippen LogP contribution >= 0.6 is 11.6 Å². The lowest BCUT2D eigenvalue weighted by molar-refractivity contribution is 0.627. The number of aromatic nitrogens is 2. The van der Waals surface area contributed by atoms with E-state index in [2.05, 4.69) is 20.6 Å². The highest BCUT2D eigenvalue weighted by atomic mass is 35.5. The predicted octanol–water partition coefficient (Wildman–Crippen LogP) is 4.84. The Morgan fingerprint density at radius 2 is 1.62 bits per heavy atom. The van der Waals surface area contributed by atoms with Gasteiger partial charge in [0.15, 0.2) is 0 Å². The summed E-state index contributed by atoms with van der Waals surface area (Å²) in [7, 11) is 0. The number of anilines is 2. The van der Waals surface area contributed by atoms with Crippen LogP contribution in [0.3, 0.4) is 0 Å². The van der Waals surface area contributed by atoms with Gasteiger partial charge in [0.25, 0.3) is 0 Å².